The Kier molecular flexibility index (Phi) is 7.07. The molecule has 0 radical (unpaired) electrons. The molecular weight excluding hydrogens is 567 g/mol. The first kappa shape index (κ1) is 29.0. The van der Waals surface area contributed by atoms with Gasteiger partial charge in [-0.2, -0.15) is 0 Å². The first-order chi connectivity index (χ1) is 22.9. The lowest BCUT2D eigenvalue weighted by molar-refractivity contribution is 0.660. The summed E-state index contributed by atoms with van der Waals surface area (Å²) < 4.78 is 0. The van der Waals surface area contributed by atoms with E-state index in [1.54, 1.807) is 0 Å². The zero-order valence-corrected chi connectivity index (χ0v) is 27.5. The molecule has 0 N–H and O–H groups in total. The van der Waals surface area contributed by atoms with Gasteiger partial charge in [-0.25, -0.2) is 0 Å². The standard InChI is InChI=1S/C46H39N/c1-31(2)37-22-13-14-23-39(37)41-28-33-18-11-12-19-34(33)29-44(41)47(35-20-9-6-10-21-35)36-26-27-40-43(30-36)46(3,4)42-25-15-24-38(45(40)42)32-16-7-5-8-17-32/h5-31H,1-4H3. The molecular formula is C46H39N. The van der Waals surface area contributed by atoms with Gasteiger partial charge in [0.05, 0.1) is 5.69 Å². The number of fused-ring (bicyclic) bond motifs is 4. The van der Waals surface area contributed by atoms with Gasteiger partial charge in [-0.1, -0.05) is 149 Å². The van der Waals surface area contributed by atoms with Gasteiger partial charge in [-0.15, -0.1) is 0 Å². The SMILES string of the molecule is CC(C)c1ccccc1-c1cc2ccccc2cc1N(c1ccccc1)c1ccc2c(c1)C(C)(C)c1cccc(-c3ccccc3)c1-2. The van der Waals surface area contributed by atoms with Crippen LogP contribution in [0.4, 0.5) is 17.1 Å². The van der Waals surface area contributed by atoms with Gasteiger partial charge >= 0.3 is 0 Å². The molecule has 0 saturated carbocycles. The fourth-order valence-corrected chi connectivity index (χ4v) is 7.65. The number of hydrogen-bond acceptors (Lipinski definition) is 1. The Hall–Kier alpha value is -5.40. The lowest BCUT2D eigenvalue weighted by atomic mass is 9.81. The predicted octanol–water partition coefficient (Wildman–Crippen LogP) is 13.1. The summed E-state index contributed by atoms with van der Waals surface area (Å²) in [6.07, 6.45) is 0. The van der Waals surface area contributed by atoms with E-state index in [-0.39, 0.29) is 5.41 Å². The van der Waals surface area contributed by atoms with E-state index in [0.29, 0.717) is 5.92 Å². The second-order valence-corrected chi connectivity index (χ2v) is 13.6. The summed E-state index contributed by atoms with van der Waals surface area (Å²) in [4.78, 5) is 2.47. The fraction of sp³-hybridized carbons (Fsp3) is 0.130. The largest absolute Gasteiger partial charge is 0.310 e. The molecule has 0 atom stereocenters. The van der Waals surface area contributed by atoms with E-state index in [9.17, 15) is 0 Å². The molecule has 0 fully saturated rings. The van der Waals surface area contributed by atoms with Crippen LogP contribution in [-0.4, -0.2) is 0 Å². The smallest absolute Gasteiger partial charge is 0.0546 e. The molecule has 1 aliphatic rings. The van der Waals surface area contributed by atoms with Gasteiger partial charge in [-0.3, -0.25) is 0 Å². The van der Waals surface area contributed by atoms with Gasteiger partial charge in [0.15, 0.2) is 0 Å². The van der Waals surface area contributed by atoms with Crippen molar-refractivity contribution in [2.24, 2.45) is 0 Å². The topological polar surface area (TPSA) is 3.24 Å². The Morgan fingerprint density at radius 3 is 1.85 bits per heavy atom. The third-order valence-electron chi connectivity index (χ3n) is 10.0. The van der Waals surface area contributed by atoms with Crippen LogP contribution in [0.2, 0.25) is 0 Å². The molecule has 7 aromatic carbocycles. The van der Waals surface area contributed by atoms with Crippen molar-refractivity contribution in [1.82, 2.24) is 0 Å². The maximum atomic E-state index is 2.47. The number of anilines is 3. The number of rotatable bonds is 6. The molecule has 1 aliphatic carbocycles. The first-order valence-electron chi connectivity index (χ1n) is 16.7. The maximum Gasteiger partial charge on any atom is 0.0546 e. The Morgan fingerprint density at radius 2 is 1.11 bits per heavy atom. The van der Waals surface area contributed by atoms with Crippen molar-refractivity contribution in [3.05, 3.63) is 174 Å². The minimum Gasteiger partial charge on any atom is -0.310 e. The van der Waals surface area contributed by atoms with Crippen molar-refractivity contribution >= 4 is 27.8 Å². The van der Waals surface area contributed by atoms with Gasteiger partial charge < -0.3 is 4.90 Å². The van der Waals surface area contributed by atoms with Crippen molar-refractivity contribution in [3.8, 4) is 33.4 Å². The third kappa shape index (κ3) is 4.86. The quantitative estimate of drug-likeness (QED) is 0.182. The molecule has 0 amide bonds. The third-order valence-corrected chi connectivity index (χ3v) is 10.0. The average molecular weight is 606 g/mol. The van der Waals surface area contributed by atoms with Crippen molar-refractivity contribution in [3.63, 3.8) is 0 Å². The van der Waals surface area contributed by atoms with Crippen LogP contribution in [-0.2, 0) is 5.41 Å². The van der Waals surface area contributed by atoms with Gasteiger partial charge in [-0.05, 0) is 97.6 Å². The van der Waals surface area contributed by atoms with Crippen molar-refractivity contribution in [2.45, 2.75) is 39.0 Å². The summed E-state index contributed by atoms with van der Waals surface area (Å²) in [5.41, 5.74) is 15.2. The summed E-state index contributed by atoms with van der Waals surface area (Å²) in [6, 6.07) is 58.0. The number of hydrogen-bond donors (Lipinski definition) is 0. The number of nitrogens with zero attached hydrogens (tertiary/aromatic N) is 1. The lowest BCUT2D eigenvalue weighted by Gasteiger charge is -2.30. The molecule has 1 heteroatoms. The van der Waals surface area contributed by atoms with E-state index >= 15 is 0 Å². The van der Waals surface area contributed by atoms with Crippen molar-refractivity contribution in [2.75, 3.05) is 4.90 Å². The molecule has 0 bridgehead atoms. The van der Waals surface area contributed by atoms with E-state index in [4.69, 9.17) is 0 Å². The normalized spacial score (nSPS) is 13.0. The lowest BCUT2D eigenvalue weighted by Crippen LogP contribution is -2.17. The second-order valence-electron chi connectivity index (χ2n) is 13.6. The Labute approximate surface area is 278 Å². The van der Waals surface area contributed by atoms with Crippen molar-refractivity contribution in [1.29, 1.82) is 0 Å². The average Bonchev–Trinajstić information content (AvgIpc) is 3.34. The first-order valence-corrected chi connectivity index (χ1v) is 16.7. The molecule has 0 aromatic heterocycles. The Morgan fingerprint density at radius 1 is 0.468 bits per heavy atom. The molecule has 47 heavy (non-hydrogen) atoms. The maximum absolute atomic E-state index is 2.47. The molecule has 8 rings (SSSR count). The van der Waals surface area contributed by atoms with E-state index in [1.165, 1.54) is 66.5 Å². The van der Waals surface area contributed by atoms with Gasteiger partial charge in [0.1, 0.15) is 0 Å². The van der Waals surface area contributed by atoms with E-state index in [0.717, 1.165) is 11.4 Å². The molecule has 0 heterocycles. The number of para-hydroxylation sites is 1. The molecule has 0 spiro atoms. The van der Waals surface area contributed by atoms with Crippen molar-refractivity contribution < 1.29 is 0 Å². The number of benzene rings is 7. The zero-order valence-electron chi connectivity index (χ0n) is 27.5. The molecule has 1 nitrogen and oxygen atoms in total. The fourth-order valence-electron chi connectivity index (χ4n) is 7.65. The molecule has 0 saturated heterocycles. The Balaban J connectivity index is 1.39. The molecule has 0 aliphatic heterocycles. The van der Waals surface area contributed by atoms with E-state index in [1.807, 2.05) is 0 Å². The highest BCUT2D eigenvalue weighted by molar-refractivity contribution is 6.00. The summed E-state index contributed by atoms with van der Waals surface area (Å²) in [5, 5.41) is 2.48. The highest BCUT2D eigenvalue weighted by Gasteiger charge is 2.37. The highest BCUT2D eigenvalue weighted by atomic mass is 15.1. The molecule has 228 valence electrons. The Bertz CT molecular complexity index is 2240. The van der Waals surface area contributed by atoms with Gasteiger partial charge in [0, 0.05) is 22.4 Å². The predicted molar refractivity (Wildman–Crippen MR) is 201 cm³/mol. The minimum absolute atomic E-state index is 0.149. The highest BCUT2D eigenvalue weighted by Crippen LogP contribution is 2.54. The summed E-state index contributed by atoms with van der Waals surface area (Å²) in [5.74, 6) is 0.397. The summed E-state index contributed by atoms with van der Waals surface area (Å²) in [6.45, 7) is 9.34. The molecule has 7 aromatic rings. The van der Waals surface area contributed by atoms with Crippen LogP contribution in [0.3, 0.4) is 0 Å². The van der Waals surface area contributed by atoms with Crippen LogP contribution in [0.1, 0.15) is 50.3 Å². The van der Waals surface area contributed by atoms with Crippen LogP contribution in [0.15, 0.2) is 158 Å². The van der Waals surface area contributed by atoms with Crippen LogP contribution in [0.25, 0.3) is 44.2 Å². The van der Waals surface area contributed by atoms with Crippen LogP contribution in [0, 0.1) is 0 Å². The van der Waals surface area contributed by atoms with Crippen LogP contribution >= 0.6 is 0 Å². The van der Waals surface area contributed by atoms with Gasteiger partial charge in [0.25, 0.3) is 0 Å². The summed E-state index contributed by atoms with van der Waals surface area (Å²) >= 11 is 0. The van der Waals surface area contributed by atoms with E-state index < -0.39 is 0 Å². The zero-order chi connectivity index (χ0) is 32.1. The van der Waals surface area contributed by atoms with Crippen LogP contribution < -0.4 is 4.90 Å². The monoisotopic (exact) mass is 605 g/mol. The molecule has 0 unspecified atom stereocenters. The summed E-state index contributed by atoms with van der Waals surface area (Å²) in [7, 11) is 0. The second kappa shape index (κ2) is 11.4. The van der Waals surface area contributed by atoms with E-state index in [2.05, 4.69) is 190 Å². The van der Waals surface area contributed by atoms with Crippen LogP contribution in [0.5, 0.6) is 0 Å². The minimum atomic E-state index is -0.149. The van der Waals surface area contributed by atoms with Gasteiger partial charge in [0.2, 0.25) is 0 Å².